The molecule has 2 rings (SSSR count). The lowest BCUT2D eigenvalue weighted by Gasteiger charge is -2.35. The van der Waals surface area contributed by atoms with Crippen molar-refractivity contribution in [3.8, 4) is 0 Å². The third-order valence-electron chi connectivity index (χ3n) is 4.11. The predicted molar refractivity (Wildman–Crippen MR) is 72.7 cm³/mol. The molecule has 100 valence electrons. The molecule has 18 heavy (non-hydrogen) atoms. The Morgan fingerprint density at radius 3 is 2.94 bits per heavy atom. The average Bonchev–Trinajstić information content (AvgIpc) is 2.35. The third-order valence-corrected chi connectivity index (χ3v) is 4.11. The number of aliphatic hydroxyl groups excluding tert-OH is 1. The molecule has 0 saturated heterocycles. The summed E-state index contributed by atoms with van der Waals surface area (Å²) in [6.45, 7) is 4.04. The second-order valence-electron chi connectivity index (χ2n) is 5.49. The molecule has 0 bridgehead atoms. The fraction of sp³-hybridized carbons (Fsp3) is 0.667. The number of aromatic nitrogens is 1. The first-order chi connectivity index (χ1) is 8.63. The van der Waals surface area contributed by atoms with E-state index in [-0.39, 0.29) is 17.7 Å². The Labute approximate surface area is 108 Å². The highest BCUT2D eigenvalue weighted by Gasteiger charge is 2.30. The van der Waals surface area contributed by atoms with Crippen LogP contribution in [0.15, 0.2) is 23.1 Å². The minimum atomic E-state index is -0.254. The van der Waals surface area contributed by atoms with Gasteiger partial charge >= 0.3 is 0 Å². The lowest BCUT2D eigenvalue weighted by atomic mass is 9.80. The number of pyridine rings is 1. The van der Waals surface area contributed by atoms with Gasteiger partial charge in [0.05, 0.1) is 6.10 Å². The lowest BCUT2D eigenvalue weighted by molar-refractivity contribution is 0.0681. The Morgan fingerprint density at radius 2 is 2.22 bits per heavy atom. The molecule has 1 aliphatic rings. The predicted octanol–water partition coefficient (Wildman–Crippen LogP) is 2.66. The smallest absolute Gasteiger partial charge is 0.253 e. The third kappa shape index (κ3) is 2.66. The van der Waals surface area contributed by atoms with Gasteiger partial charge in [-0.25, -0.2) is 0 Å². The molecule has 0 amide bonds. The first-order valence-corrected chi connectivity index (χ1v) is 6.99. The summed E-state index contributed by atoms with van der Waals surface area (Å²) in [5.74, 6) is 0.526. The van der Waals surface area contributed by atoms with E-state index in [0.717, 1.165) is 31.2 Å². The van der Waals surface area contributed by atoms with E-state index in [1.165, 1.54) is 0 Å². The van der Waals surface area contributed by atoms with E-state index in [4.69, 9.17) is 0 Å². The number of aryl methyl sites for hydroxylation is 1. The molecule has 1 aromatic heterocycles. The monoisotopic (exact) mass is 249 g/mol. The molecule has 1 saturated carbocycles. The van der Waals surface area contributed by atoms with E-state index < -0.39 is 0 Å². The van der Waals surface area contributed by atoms with Gasteiger partial charge in [0, 0.05) is 17.8 Å². The summed E-state index contributed by atoms with van der Waals surface area (Å²) in [7, 11) is 0. The van der Waals surface area contributed by atoms with Gasteiger partial charge in [-0.15, -0.1) is 0 Å². The van der Waals surface area contributed by atoms with Crippen LogP contribution < -0.4 is 5.56 Å². The van der Waals surface area contributed by atoms with Crippen molar-refractivity contribution < 1.29 is 5.11 Å². The van der Waals surface area contributed by atoms with Crippen molar-refractivity contribution in [3.05, 3.63) is 34.2 Å². The SMILES string of the molecule is CCCC1CCC(O)CC1n1cccc(C)c1=O. The Morgan fingerprint density at radius 1 is 1.44 bits per heavy atom. The maximum Gasteiger partial charge on any atom is 0.253 e. The van der Waals surface area contributed by atoms with Crippen molar-refractivity contribution >= 4 is 0 Å². The van der Waals surface area contributed by atoms with Gasteiger partial charge in [0.25, 0.3) is 5.56 Å². The van der Waals surface area contributed by atoms with Crippen LogP contribution in [-0.4, -0.2) is 15.8 Å². The molecule has 0 radical (unpaired) electrons. The first kappa shape index (κ1) is 13.3. The van der Waals surface area contributed by atoms with Gasteiger partial charge in [0.2, 0.25) is 0 Å². The first-order valence-electron chi connectivity index (χ1n) is 6.99. The van der Waals surface area contributed by atoms with Crippen molar-refractivity contribution in [1.82, 2.24) is 4.57 Å². The van der Waals surface area contributed by atoms with Gasteiger partial charge in [-0.1, -0.05) is 19.4 Å². The van der Waals surface area contributed by atoms with Crippen molar-refractivity contribution in [2.75, 3.05) is 0 Å². The molecule has 0 aromatic carbocycles. The molecule has 1 N–H and O–H groups in total. The van der Waals surface area contributed by atoms with Crippen LogP contribution in [0.5, 0.6) is 0 Å². The van der Waals surface area contributed by atoms with Crippen LogP contribution in [0.3, 0.4) is 0 Å². The van der Waals surface area contributed by atoms with Crippen LogP contribution >= 0.6 is 0 Å². The van der Waals surface area contributed by atoms with E-state index in [1.54, 1.807) is 0 Å². The summed E-state index contributed by atoms with van der Waals surface area (Å²) < 4.78 is 1.85. The summed E-state index contributed by atoms with van der Waals surface area (Å²) in [5.41, 5.74) is 0.880. The zero-order valence-corrected chi connectivity index (χ0v) is 11.3. The molecule has 3 unspecified atom stereocenters. The maximum absolute atomic E-state index is 12.2. The number of hydrogen-bond acceptors (Lipinski definition) is 2. The Kier molecular flexibility index (Phi) is 4.23. The van der Waals surface area contributed by atoms with Crippen LogP contribution in [0, 0.1) is 12.8 Å². The second-order valence-corrected chi connectivity index (χ2v) is 5.49. The van der Waals surface area contributed by atoms with E-state index in [2.05, 4.69) is 6.92 Å². The topological polar surface area (TPSA) is 42.2 Å². The average molecular weight is 249 g/mol. The summed E-state index contributed by atoms with van der Waals surface area (Å²) in [6.07, 6.45) is 6.52. The molecule has 1 aromatic rings. The summed E-state index contributed by atoms with van der Waals surface area (Å²) in [6, 6.07) is 3.95. The van der Waals surface area contributed by atoms with Crippen LogP contribution in [0.25, 0.3) is 0 Å². The molecular weight excluding hydrogens is 226 g/mol. The van der Waals surface area contributed by atoms with E-state index in [0.29, 0.717) is 12.3 Å². The minimum absolute atomic E-state index is 0.0951. The molecule has 3 atom stereocenters. The van der Waals surface area contributed by atoms with Gasteiger partial charge < -0.3 is 9.67 Å². The number of nitrogens with zero attached hydrogens (tertiary/aromatic N) is 1. The molecule has 3 nitrogen and oxygen atoms in total. The fourth-order valence-corrected chi connectivity index (χ4v) is 3.12. The van der Waals surface area contributed by atoms with Crippen molar-refractivity contribution in [1.29, 1.82) is 0 Å². The summed E-state index contributed by atoms with van der Waals surface area (Å²) in [5, 5.41) is 9.87. The molecule has 0 spiro atoms. The van der Waals surface area contributed by atoms with Gasteiger partial charge in [-0.05, 0) is 44.6 Å². The fourth-order valence-electron chi connectivity index (χ4n) is 3.12. The standard InChI is InChI=1S/C15H23NO2/c1-3-5-12-7-8-13(17)10-14(12)16-9-4-6-11(2)15(16)18/h4,6,9,12-14,17H,3,5,7-8,10H2,1-2H3. The van der Waals surface area contributed by atoms with E-state index in [9.17, 15) is 9.90 Å². The van der Waals surface area contributed by atoms with E-state index >= 15 is 0 Å². The number of rotatable bonds is 3. The van der Waals surface area contributed by atoms with Gasteiger partial charge in [0.1, 0.15) is 0 Å². The Balaban J connectivity index is 2.32. The number of aliphatic hydroxyl groups is 1. The number of hydrogen-bond donors (Lipinski definition) is 1. The van der Waals surface area contributed by atoms with Crippen LogP contribution in [0.2, 0.25) is 0 Å². The summed E-state index contributed by atoms with van der Waals surface area (Å²) >= 11 is 0. The zero-order valence-electron chi connectivity index (χ0n) is 11.3. The van der Waals surface area contributed by atoms with Crippen molar-refractivity contribution in [2.45, 2.75) is 58.1 Å². The quantitative estimate of drug-likeness (QED) is 0.895. The van der Waals surface area contributed by atoms with Crippen LogP contribution in [0.1, 0.15) is 50.6 Å². The Bertz CT molecular complexity index is 452. The molecule has 3 heteroatoms. The Hall–Kier alpha value is -1.09. The molecule has 1 fully saturated rings. The van der Waals surface area contributed by atoms with Crippen LogP contribution in [0.4, 0.5) is 0 Å². The van der Waals surface area contributed by atoms with Crippen LogP contribution in [-0.2, 0) is 0 Å². The van der Waals surface area contributed by atoms with Crippen molar-refractivity contribution in [3.63, 3.8) is 0 Å². The largest absolute Gasteiger partial charge is 0.393 e. The zero-order chi connectivity index (χ0) is 13.1. The second kappa shape index (κ2) is 5.70. The highest BCUT2D eigenvalue weighted by Crippen LogP contribution is 2.36. The lowest BCUT2D eigenvalue weighted by Crippen LogP contribution is -2.36. The van der Waals surface area contributed by atoms with Gasteiger partial charge in [0.15, 0.2) is 0 Å². The maximum atomic E-state index is 12.2. The highest BCUT2D eigenvalue weighted by atomic mass is 16.3. The van der Waals surface area contributed by atoms with Gasteiger partial charge in [-0.2, -0.15) is 0 Å². The molecule has 1 aliphatic carbocycles. The highest BCUT2D eigenvalue weighted by molar-refractivity contribution is 5.09. The molecule has 1 heterocycles. The van der Waals surface area contributed by atoms with Gasteiger partial charge in [-0.3, -0.25) is 4.79 Å². The normalized spacial score (nSPS) is 28.3. The van der Waals surface area contributed by atoms with E-state index in [1.807, 2.05) is 29.8 Å². The molecular formula is C15H23NO2. The van der Waals surface area contributed by atoms with Crippen molar-refractivity contribution in [2.24, 2.45) is 5.92 Å². The molecule has 0 aliphatic heterocycles. The summed E-state index contributed by atoms with van der Waals surface area (Å²) in [4.78, 5) is 12.2. The minimum Gasteiger partial charge on any atom is -0.393 e.